The van der Waals surface area contributed by atoms with Crippen LogP contribution in [0, 0.1) is 3.57 Å². The van der Waals surface area contributed by atoms with Crippen LogP contribution in [0.15, 0.2) is 47.1 Å². The van der Waals surface area contributed by atoms with E-state index in [2.05, 4.69) is 33.2 Å². The molecule has 0 saturated carbocycles. The minimum Gasteiger partial charge on any atom is -0.468 e. The molecule has 0 saturated heterocycles. The van der Waals surface area contributed by atoms with E-state index in [1.165, 1.54) is 0 Å². The Balaban J connectivity index is 1.82. The number of hydrogen-bond acceptors (Lipinski definition) is 3. The van der Waals surface area contributed by atoms with Crippen LogP contribution in [0.5, 0.6) is 0 Å². The molecule has 1 amide bonds. The fourth-order valence-corrected chi connectivity index (χ4v) is 2.20. The number of carbonyl (C=O) groups is 1. The fourth-order valence-electron chi connectivity index (χ4n) is 1.66. The van der Waals surface area contributed by atoms with Crippen LogP contribution in [-0.4, -0.2) is 12.5 Å². The van der Waals surface area contributed by atoms with Gasteiger partial charge in [0.25, 0.3) is 0 Å². The maximum Gasteiger partial charge on any atom is 0.238 e. The van der Waals surface area contributed by atoms with Crippen molar-refractivity contribution in [2.75, 3.05) is 11.9 Å². The number of hydrogen-bond donors (Lipinski definition) is 2. The van der Waals surface area contributed by atoms with Crippen LogP contribution in [0.2, 0.25) is 0 Å². The van der Waals surface area contributed by atoms with E-state index in [4.69, 9.17) is 4.42 Å². The first kappa shape index (κ1) is 14.1. The van der Waals surface area contributed by atoms with E-state index < -0.39 is 0 Å². The molecule has 1 heterocycles. The fraction of sp³-hybridized carbons (Fsp3) is 0.214. The molecule has 1 aromatic carbocycles. The number of furan rings is 1. The van der Waals surface area contributed by atoms with Crippen LogP contribution in [-0.2, 0) is 4.79 Å². The first-order valence-electron chi connectivity index (χ1n) is 5.97. The summed E-state index contributed by atoms with van der Waals surface area (Å²) in [6, 6.07) is 11.4. The van der Waals surface area contributed by atoms with Crippen LogP contribution in [0.25, 0.3) is 0 Å². The summed E-state index contributed by atoms with van der Waals surface area (Å²) >= 11 is 2.21. The van der Waals surface area contributed by atoms with Gasteiger partial charge in [-0.2, -0.15) is 0 Å². The topological polar surface area (TPSA) is 54.3 Å². The standard InChI is InChI=1S/C14H15IN2O2/c1-10(13-6-3-7-19-13)16-9-14(18)17-12-5-2-4-11(15)8-12/h2-8,10,16H,9H2,1H3,(H,17,18)/t10-/m0/s1. The lowest BCUT2D eigenvalue weighted by Gasteiger charge is -2.11. The van der Waals surface area contributed by atoms with Gasteiger partial charge in [0.05, 0.1) is 18.8 Å². The molecule has 0 spiro atoms. The molecule has 2 N–H and O–H groups in total. The van der Waals surface area contributed by atoms with E-state index in [0.29, 0.717) is 0 Å². The lowest BCUT2D eigenvalue weighted by atomic mass is 10.2. The third-order valence-corrected chi connectivity index (χ3v) is 3.32. The first-order chi connectivity index (χ1) is 9.15. The number of carbonyl (C=O) groups excluding carboxylic acids is 1. The minimum absolute atomic E-state index is 0.0108. The highest BCUT2D eigenvalue weighted by atomic mass is 127. The highest BCUT2D eigenvalue weighted by molar-refractivity contribution is 14.1. The van der Waals surface area contributed by atoms with Gasteiger partial charge in [-0.25, -0.2) is 0 Å². The van der Waals surface area contributed by atoms with E-state index in [-0.39, 0.29) is 18.5 Å². The second-order valence-corrected chi connectivity index (χ2v) is 5.42. The lowest BCUT2D eigenvalue weighted by Crippen LogP contribution is -2.29. The average Bonchev–Trinajstić information content (AvgIpc) is 2.90. The van der Waals surface area contributed by atoms with Crippen LogP contribution < -0.4 is 10.6 Å². The molecule has 2 aromatic rings. The molecule has 0 aliphatic rings. The molecule has 19 heavy (non-hydrogen) atoms. The number of nitrogens with one attached hydrogen (secondary N) is 2. The smallest absolute Gasteiger partial charge is 0.238 e. The molecule has 1 aromatic heterocycles. The Labute approximate surface area is 125 Å². The van der Waals surface area contributed by atoms with E-state index in [1.807, 2.05) is 43.3 Å². The van der Waals surface area contributed by atoms with Crippen LogP contribution in [0.1, 0.15) is 18.7 Å². The number of rotatable bonds is 5. The maximum absolute atomic E-state index is 11.8. The minimum atomic E-state index is -0.0691. The third-order valence-electron chi connectivity index (χ3n) is 2.65. The Bertz CT molecular complexity index is 540. The molecule has 5 heteroatoms. The van der Waals surface area contributed by atoms with Crippen molar-refractivity contribution in [3.05, 3.63) is 52.0 Å². The van der Waals surface area contributed by atoms with Crippen molar-refractivity contribution in [3.8, 4) is 0 Å². The second kappa shape index (κ2) is 6.72. The zero-order valence-corrected chi connectivity index (χ0v) is 12.7. The van der Waals surface area contributed by atoms with Gasteiger partial charge in [-0.05, 0) is 59.8 Å². The summed E-state index contributed by atoms with van der Waals surface area (Å²) in [6.45, 7) is 2.20. The summed E-state index contributed by atoms with van der Waals surface area (Å²) in [5, 5.41) is 5.96. The van der Waals surface area contributed by atoms with Gasteiger partial charge in [0, 0.05) is 9.26 Å². The van der Waals surface area contributed by atoms with Crippen molar-refractivity contribution in [2.45, 2.75) is 13.0 Å². The first-order valence-corrected chi connectivity index (χ1v) is 7.05. The highest BCUT2D eigenvalue weighted by Crippen LogP contribution is 2.13. The van der Waals surface area contributed by atoms with Crippen LogP contribution >= 0.6 is 22.6 Å². The Kier molecular flexibility index (Phi) is 4.98. The molecule has 0 radical (unpaired) electrons. The van der Waals surface area contributed by atoms with Gasteiger partial charge in [0.15, 0.2) is 0 Å². The van der Waals surface area contributed by atoms with Crippen molar-refractivity contribution in [3.63, 3.8) is 0 Å². The van der Waals surface area contributed by atoms with Gasteiger partial charge in [-0.1, -0.05) is 6.07 Å². The highest BCUT2D eigenvalue weighted by Gasteiger charge is 2.09. The Morgan fingerprint density at radius 1 is 1.37 bits per heavy atom. The Morgan fingerprint density at radius 2 is 2.21 bits per heavy atom. The Morgan fingerprint density at radius 3 is 2.89 bits per heavy atom. The van der Waals surface area contributed by atoms with E-state index in [0.717, 1.165) is 15.0 Å². The van der Waals surface area contributed by atoms with Crippen molar-refractivity contribution in [1.29, 1.82) is 0 Å². The SMILES string of the molecule is C[C@H](NCC(=O)Nc1cccc(I)c1)c1ccco1. The molecule has 1 atom stereocenters. The van der Waals surface area contributed by atoms with Gasteiger partial charge in [-0.15, -0.1) is 0 Å². The predicted octanol–water partition coefficient (Wildman–Crippen LogP) is 3.17. The van der Waals surface area contributed by atoms with Gasteiger partial charge in [0.2, 0.25) is 5.91 Å². The van der Waals surface area contributed by atoms with Gasteiger partial charge in [0.1, 0.15) is 5.76 Å². The summed E-state index contributed by atoms with van der Waals surface area (Å²) in [5.74, 6) is 0.752. The van der Waals surface area contributed by atoms with E-state index >= 15 is 0 Å². The summed E-state index contributed by atoms with van der Waals surface area (Å²) < 4.78 is 6.36. The molecule has 0 aliphatic carbocycles. The van der Waals surface area contributed by atoms with Gasteiger partial charge in [-0.3, -0.25) is 10.1 Å². The zero-order valence-electron chi connectivity index (χ0n) is 10.5. The van der Waals surface area contributed by atoms with Gasteiger partial charge >= 0.3 is 0 Å². The monoisotopic (exact) mass is 370 g/mol. The summed E-state index contributed by atoms with van der Waals surface area (Å²) in [5.41, 5.74) is 0.810. The van der Waals surface area contributed by atoms with Crippen molar-refractivity contribution >= 4 is 34.2 Å². The number of halogens is 1. The third kappa shape index (κ3) is 4.36. The quantitative estimate of drug-likeness (QED) is 0.795. The van der Waals surface area contributed by atoms with Crippen LogP contribution in [0.3, 0.4) is 0 Å². The maximum atomic E-state index is 11.8. The molecule has 0 bridgehead atoms. The van der Waals surface area contributed by atoms with E-state index in [1.54, 1.807) is 6.26 Å². The zero-order chi connectivity index (χ0) is 13.7. The van der Waals surface area contributed by atoms with Crippen molar-refractivity contribution in [2.24, 2.45) is 0 Å². The average molecular weight is 370 g/mol. The van der Waals surface area contributed by atoms with Crippen molar-refractivity contribution in [1.82, 2.24) is 5.32 Å². The number of amides is 1. The van der Waals surface area contributed by atoms with Crippen molar-refractivity contribution < 1.29 is 9.21 Å². The molecule has 0 unspecified atom stereocenters. The lowest BCUT2D eigenvalue weighted by molar-refractivity contribution is -0.115. The predicted molar refractivity (Wildman–Crippen MR) is 82.9 cm³/mol. The molecular weight excluding hydrogens is 355 g/mol. The number of benzene rings is 1. The number of anilines is 1. The second-order valence-electron chi connectivity index (χ2n) is 4.18. The van der Waals surface area contributed by atoms with Crippen LogP contribution in [0.4, 0.5) is 5.69 Å². The molecule has 2 rings (SSSR count). The largest absolute Gasteiger partial charge is 0.468 e. The summed E-state index contributed by atoms with van der Waals surface area (Å²) in [6.07, 6.45) is 1.62. The normalized spacial score (nSPS) is 12.1. The molecule has 100 valence electrons. The molecular formula is C14H15IN2O2. The molecule has 0 fully saturated rings. The molecule has 4 nitrogen and oxygen atoms in total. The summed E-state index contributed by atoms with van der Waals surface area (Å²) in [7, 11) is 0. The summed E-state index contributed by atoms with van der Waals surface area (Å²) in [4.78, 5) is 11.8. The van der Waals surface area contributed by atoms with Gasteiger partial charge < -0.3 is 9.73 Å². The van der Waals surface area contributed by atoms with E-state index in [9.17, 15) is 4.79 Å². The Hall–Kier alpha value is -1.34. The molecule has 0 aliphatic heterocycles.